The van der Waals surface area contributed by atoms with Crippen LogP contribution in [0.15, 0.2) is 24.5 Å². The molecule has 19 heavy (non-hydrogen) atoms. The van der Waals surface area contributed by atoms with E-state index < -0.39 is 5.82 Å². The fourth-order valence-electron chi connectivity index (χ4n) is 1.93. The van der Waals surface area contributed by atoms with Crippen LogP contribution in [0.2, 0.25) is 5.15 Å². The third-order valence-corrected chi connectivity index (χ3v) is 3.14. The number of rotatable bonds is 3. The van der Waals surface area contributed by atoms with E-state index in [1.807, 2.05) is 13.8 Å². The van der Waals surface area contributed by atoms with E-state index in [0.717, 1.165) is 5.56 Å². The molecule has 1 aromatic carbocycles. The minimum absolute atomic E-state index is 0.147. The molecule has 0 saturated carbocycles. The molecule has 0 N–H and O–H groups in total. The summed E-state index contributed by atoms with van der Waals surface area (Å²) in [7, 11) is 1.43. The van der Waals surface area contributed by atoms with E-state index in [1.54, 1.807) is 12.1 Å². The molecule has 100 valence electrons. The summed E-state index contributed by atoms with van der Waals surface area (Å²) in [6.45, 7) is 3.99. The van der Waals surface area contributed by atoms with E-state index in [2.05, 4.69) is 9.97 Å². The number of halogens is 2. The van der Waals surface area contributed by atoms with Crippen molar-refractivity contribution in [3.8, 4) is 17.0 Å². The molecule has 0 fully saturated rings. The Morgan fingerprint density at radius 1 is 1.26 bits per heavy atom. The van der Waals surface area contributed by atoms with Crippen molar-refractivity contribution >= 4 is 11.6 Å². The SMILES string of the molecule is COc1ccc(-c2ncnc(Cl)c2C(C)C)cc1F. The minimum Gasteiger partial charge on any atom is -0.494 e. The van der Waals surface area contributed by atoms with Crippen LogP contribution < -0.4 is 4.74 Å². The summed E-state index contributed by atoms with van der Waals surface area (Å²) in [5.74, 6) is -0.0756. The molecule has 0 unspecified atom stereocenters. The number of hydrogen-bond acceptors (Lipinski definition) is 3. The molecule has 0 radical (unpaired) electrons. The number of ether oxygens (including phenoxy) is 1. The van der Waals surface area contributed by atoms with Crippen LogP contribution in [0.25, 0.3) is 11.3 Å². The summed E-state index contributed by atoms with van der Waals surface area (Å²) in [5, 5.41) is 0.399. The average molecular weight is 281 g/mol. The molecule has 0 amide bonds. The van der Waals surface area contributed by atoms with Gasteiger partial charge in [0.15, 0.2) is 11.6 Å². The van der Waals surface area contributed by atoms with Gasteiger partial charge in [-0.25, -0.2) is 14.4 Å². The molecule has 1 aromatic heterocycles. The molecule has 0 spiro atoms. The first-order valence-corrected chi connectivity index (χ1v) is 6.26. The third-order valence-electron chi connectivity index (χ3n) is 2.84. The average Bonchev–Trinajstić information content (AvgIpc) is 2.37. The van der Waals surface area contributed by atoms with Gasteiger partial charge in [-0.05, 0) is 24.1 Å². The smallest absolute Gasteiger partial charge is 0.165 e. The van der Waals surface area contributed by atoms with Gasteiger partial charge in [0.2, 0.25) is 0 Å². The Morgan fingerprint density at radius 2 is 2.00 bits per heavy atom. The van der Waals surface area contributed by atoms with Crippen LogP contribution in [-0.4, -0.2) is 17.1 Å². The lowest BCUT2D eigenvalue weighted by Gasteiger charge is -2.13. The quantitative estimate of drug-likeness (QED) is 0.795. The molecule has 5 heteroatoms. The molecular formula is C14H14ClFN2O. The van der Waals surface area contributed by atoms with E-state index in [-0.39, 0.29) is 11.7 Å². The molecule has 0 aliphatic heterocycles. The molecule has 0 aliphatic carbocycles. The maximum absolute atomic E-state index is 13.8. The predicted molar refractivity (Wildman–Crippen MR) is 73.1 cm³/mol. The monoisotopic (exact) mass is 280 g/mol. The zero-order valence-electron chi connectivity index (χ0n) is 10.9. The molecule has 0 aliphatic rings. The van der Waals surface area contributed by atoms with Crippen molar-refractivity contribution < 1.29 is 9.13 Å². The largest absolute Gasteiger partial charge is 0.494 e. The highest BCUT2D eigenvalue weighted by Crippen LogP contribution is 2.33. The van der Waals surface area contributed by atoms with Crippen LogP contribution in [0.3, 0.4) is 0 Å². The van der Waals surface area contributed by atoms with Crippen LogP contribution >= 0.6 is 11.6 Å². The second-order valence-electron chi connectivity index (χ2n) is 4.43. The first-order valence-electron chi connectivity index (χ1n) is 5.89. The Balaban J connectivity index is 2.59. The van der Waals surface area contributed by atoms with E-state index in [1.165, 1.54) is 19.5 Å². The highest BCUT2D eigenvalue weighted by molar-refractivity contribution is 6.30. The highest BCUT2D eigenvalue weighted by Gasteiger charge is 2.16. The fourth-order valence-corrected chi connectivity index (χ4v) is 2.28. The third kappa shape index (κ3) is 2.68. The van der Waals surface area contributed by atoms with Gasteiger partial charge in [0.05, 0.1) is 12.8 Å². The second-order valence-corrected chi connectivity index (χ2v) is 4.79. The van der Waals surface area contributed by atoms with E-state index in [4.69, 9.17) is 16.3 Å². The number of aromatic nitrogens is 2. The van der Waals surface area contributed by atoms with Gasteiger partial charge in [-0.3, -0.25) is 0 Å². The molecule has 0 bridgehead atoms. The number of hydrogen-bond donors (Lipinski definition) is 0. The Morgan fingerprint density at radius 3 is 2.58 bits per heavy atom. The summed E-state index contributed by atoms with van der Waals surface area (Å²) in [6.07, 6.45) is 1.38. The van der Waals surface area contributed by atoms with Crippen molar-refractivity contribution in [2.75, 3.05) is 7.11 Å². The highest BCUT2D eigenvalue weighted by atomic mass is 35.5. The lowest BCUT2D eigenvalue weighted by Crippen LogP contribution is -1.99. The van der Waals surface area contributed by atoms with Gasteiger partial charge in [0, 0.05) is 11.1 Å². The van der Waals surface area contributed by atoms with Crippen LogP contribution in [-0.2, 0) is 0 Å². The summed E-state index contributed by atoms with van der Waals surface area (Å²) >= 11 is 6.10. The zero-order chi connectivity index (χ0) is 14.0. The van der Waals surface area contributed by atoms with Crippen molar-refractivity contribution in [3.05, 3.63) is 41.1 Å². The van der Waals surface area contributed by atoms with Crippen LogP contribution in [0.5, 0.6) is 5.75 Å². The van der Waals surface area contributed by atoms with Gasteiger partial charge in [0.1, 0.15) is 11.5 Å². The Kier molecular flexibility index (Phi) is 4.00. The van der Waals surface area contributed by atoms with Crippen molar-refractivity contribution in [1.82, 2.24) is 9.97 Å². The standard InChI is InChI=1S/C14H14ClFN2O/c1-8(2)12-13(17-7-18-14(12)15)9-4-5-11(19-3)10(16)6-9/h4-8H,1-3H3. The predicted octanol–water partition coefficient (Wildman–Crippen LogP) is 4.07. The summed E-state index contributed by atoms with van der Waals surface area (Å²) in [5.41, 5.74) is 2.12. The van der Waals surface area contributed by atoms with Crippen LogP contribution in [0.4, 0.5) is 4.39 Å². The van der Waals surface area contributed by atoms with Gasteiger partial charge < -0.3 is 4.74 Å². The summed E-state index contributed by atoms with van der Waals surface area (Å²) < 4.78 is 18.7. The van der Waals surface area contributed by atoms with Crippen LogP contribution in [0.1, 0.15) is 25.3 Å². The van der Waals surface area contributed by atoms with Crippen molar-refractivity contribution in [3.63, 3.8) is 0 Å². The Labute approximate surface area is 116 Å². The van der Waals surface area contributed by atoms with Gasteiger partial charge in [-0.2, -0.15) is 0 Å². The maximum Gasteiger partial charge on any atom is 0.165 e. The maximum atomic E-state index is 13.8. The normalized spacial score (nSPS) is 10.8. The topological polar surface area (TPSA) is 35.0 Å². The fraction of sp³-hybridized carbons (Fsp3) is 0.286. The molecule has 3 nitrogen and oxygen atoms in total. The van der Waals surface area contributed by atoms with E-state index in [9.17, 15) is 4.39 Å². The van der Waals surface area contributed by atoms with Gasteiger partial charge in [-0.1, -0.05) is 25.4 Å². The molecule has 2 aromatic rings. The van der Waals surface area contributed by atoms with E-state index >= 15 is 0 Å². The lowest BCUT2D eigenvalue weighted by atomic mass is 9.98. The second kappa shape index (κ2) is 5.53. The molecular weight excluding hydrogens is 267 g/mol. The van der Waals surface area contributed by atoms with Crippen molar-refractivity contribution in [2.45, 2.75) is 19.8 Å². The van der Waals surface area contributed by atoms with Gasteiger partial charge in [-0.15, -0.1) is 0 Å². The van der Waals surface area contributed by atoms with Gasteiger partial charge in [0.25, 0.3) is 0 Å². The summed E-state index contributed by atoms with van der Waals surface area (Å²) in [4.78, 5) is 8.20. The van der Waals surface area contributed by atoms with Crippen molar-refractivity contribution in [1.29, 1.82) is 0 Å². The first kappa shape index (κ1) is 13.7. The molecule has 0 saturated heterocycles. The molecule has 0 atom stereocenters. The van der Waals surface area contributed by atoms with Gasteiger partial charge >= 0.3 is 0 Å². The van der Waals surface area contributed by atoms with Crippen LogP contribution in [0, 0.1) is 5.82 Å². The Bertz CT molecular complexity index is 602. The zero-order valence-corrected chi connectivity index (χ0v) is 11.7. The lowest BCUT2D eigenvalue weighted by molar-refractivity contribution is 0.386. The summed E-state index contributed by atoms with van der Waals surface area (Å²) in [6, 6.07) is 4.72. The molecule has 2 rings (SSSR count). The first-order chi connectivity index (χ1) is 9.04. The number of benzene rings is 1. The Hall–Kier alpha value is -1.68. The van der Waals surface area contributed by atoms with E-state index in [0.29, 0.717) is 16.4 Å². The van der Waals surface area contributed by atoms with Crippen molar-refractivity contribution in [2.24, 2.45) is 0 Å². The minimum atomic E-state index is -0.426. The molecule has 1 heterocycles. The number of methoxy groups -OCH3 is 1. The number of nitrogens with zero attached hydrogens (tertiary/aromatic N) is 2.